The molecule has 0 spiro atoms. The van der Waals surface area contributed by atoms with E-state index in [4.69, 9.17) is 11.6 Å². The van der Waals surface area contributed by atoms with Crippen LogP contribution in [0.1, 0.15) is 6.92 Å². The van der Waals surface area contributed by atoms with Gasteiger partial charge in [-0.05, 0) is 43.3 Å². The molecule has 0 aliphatic carbocycles. The first kappa shape index (κ1) is 21.6. The number of amides is 1. The summed E-state index contributed by atoms with van der Waals surface area (Å²) in [6.07, 6.45) is 0. The summed E-state index contributed by atoms with van der Waals surface area (Å²) in [5.74, 6) is -2.39. The van der Waals surface area contributed by atoms with Crippen LogP contribution in [0.15, 0.2) is 46.2 Å². The molecule has 27 heavy (non-hydrogen) atoms. The first-order valence-electron chi connectivity index (χ1n) is 7.67. The number of anilines is 1. The third-order valence-corrected chi connectivity index (χ3v) is 6.92. The molecular weight excluding hydrogens is 418 g/mol. The van der Waals surface area contributed by atoms with Crippen LogP contribution in [0.3, 0.4) is 0 Å². The van der Waals surface area contributed by atoms with E-state index in [1.54, 1.807) is 6.92 Å². The molecular formula is C17H17ClF2N2O3S2. The predicted molar refractivity (Wildman–Crippen MR) is 103 cm³/mol. The predicted octanol–water partition coefficient (Wildman–Crippen LogP) is 3.99. The van der Waals surface area contributed by atoms with E-state index in [-0.39, 0.29) is 15.6 Å². The van der Waals surface area contributed by atoms with E-state index in [0.717, 1.165) is 28.2 Å². The average Bonchev–Trinajstić information content (AvgIpc) is 2.59. The molecule has 0 saturated carbocycles. The van der Waals surface area contributed by atoms with Gasteiger partial charge >= 0.3 is 0 Å². The van der Waals surface area contributed by atoms with Crippen molar-refractivity contribution >= 4 is 45.0 Å². The van der Waals surface area contributed by atoms with Crippen LogP contribution in [-0.2, 0) is 14.8 Å². The van der Waals surface area contributed by atoms with E-state index >= 15 is 0 Å². The van der Waals surface area contributed by atoms with Crippen molar-refractivity contribution in [2.75, 3.05) is 19.4 Å². The maximum absolute atomic E-state index is 13.3. The fourth-order valence-electron chi connectivity index (χ4n) is 2.03. The quantitative estimate of drug-likeness (QED) is 0.698. The van der Waals surface area contributed by atoms with Crippen molar-refractivity contribution in [3.8, 4) is 0 Å². The lowest BCUT2D eigenvalue weighted by Gasteiger charge is -2.15. The normalized spacial score (nSPS) is 12.9. The van der Waals surface area contributed by atoms with Gasteiger partial charge in [0, 0.05) is 24.7 Å². The summed E-state index contributed by atoms with van der Waals surface area (Å²) in [5.41, 5.74) is 0.252. The summed E-state index contributed by atoms with van der Waals surface area (Å²) in [6, 6.07) is 7.49. The number of nitrogens with zero attached hydrogens (tertiary/aromatic N) is 1. The molecule has 0 aliphatic heterocycles. The number of sulfonamides is 1. The van der Waals surface area contributed by atoms with Crippen LogP contribution in [0.2, 0.25) is 5.02 Å². The van der Waals surface area contributed by atoms with Gasteiger partial charge < -0.3 is 5.32 Å². The Morgan fingerprint density at radius 1 is 1.15 bits per heavy atom. The minimum absolute atomic E-state index is 0.0332. The molecule has 10 heteroatoms. The summed E-state index contributed by atoms with van der Waals surface area (Å²) in [5, 5.41) is 1.99. The van der Waals surface area contributed by atoms with E-state index in [1.807, 2.05) is 0 Å². The Balaban J connectivity index is 2.16. The molecule has 1 unspecified atom stereocenters. The van der Waals surface area contributed by atoms with E-state index in [2.05, 4.69) is 5.32 Å². The van der Waals surface area contributed by atoms with Crippen molar-refractivity contribution in [3.05, 3.63) is 53.1 Å². The maximum Gasteiger partial charge on any atom is 0.244 e. The third-order valence-electron chi connectivity index (χ3n) is 3.53. The molecule has 0 radical (unpaired) electrons. The van der Waals surface area contributed by atoms with Crippen LogP contribution in [0.5, 0.6) is 0 Å². The van der Waals surface area contributed by atoms with E-state index in [9.17, 15) is 22.0 Å². The molecule has 2 aromatic rings. The fraction of sp³-hybridized carbons (Fsp3) is 0.235. The highest BCUT2D eigenvalue weighted by Gasteiger charge is 2.22. The SMILES string of the molecule is CC(Sc1ccc(F)c(F)c1)C(=O)Nc1ccc(Cl)c(S(=O)(=O)N(C)C)c1. The van der Waals surface area contributed by atoms with E-state index < -0.39 is 32.8 Å². The number of halogens is 3. The number of hydrogen-bond donors (Lipinski definition) is 1. The monoisotopic (exact) mass is 434 g/mol. The number of hydrogen-bond acceptors (Lipinski definition) is 4. The molecule has 0 heterocycles. The van der Waals surface area contributed by atoms with Crippen molar-refractivity contribution in [3.63, 3.8) is 0 Å². The van der Waals surface area contributed by atoms with Crippen LogP contribution >= 0.6 is 23.4 Å². The highest BCUT2D eigenvalue weighted by atomic mass is 35.5. The molecule has 146 valence electrons. The summed E-state index contributed by atoms with van der Waals surface area (Å²) >= 11 is 7.01. The smallest absolute Gasteiger partial charge is 0.244 e. The standard InChI is InChI=1S/C17H17ClF2N2O3S2/c1-10(26-12-5-7-14(19)15(20)9-12)17(23)21-11-4-6-13(18)16(8-11)27(24,25)22(2)3/h4-10H,1-3H3,(H,21,23). The van der Waals surface area contributed by atoms with Gasteiger partial charge in [-0.2, -0.15) is 0 Å². The van der Waals surface area contributed by atoms with Crippen molar-refractivity contribution in [1.82, 2.24) is 4.31 Å². The molecule has 5 nitrogen and oxygen atoms in total. The lowest BCUT2D eigenvalue weighted by Crippen LogP contribution is -2.24. The van der Waals surface area contributed by atoms with Crippen LogP contribution in [0, 0.1) is 11.6 Å². The zero-order valence-electron chi connectivity index (χ0n) is 14.7. The second-order valence-electron chi connectivity index (χ2n) is 5.76. The Labute approximate surface area is 165 Å². The molecule has 0 bridgehead atoms. The largest absolute Gasteiger partial charge is 0.325 e. The second-order valence-corrected chi connectivity index (χ2v) is 9.70. The Kier molecular flexibility index (Phi) is 6.85. The highest BCUT2D eigenvalue weighted by molar-refractivity contribution is 8.00. The van der Waals surface area contributed by atoms with Crippen molar-refractivity contribution in [2.45, 2.75) is 22.0 Å². The number of thioether (sulfide) groups is 1. The molecule has 1 amide bonds. The second kappa shape index (κ2) is 8.55. The number of carbonyl (C=O) groups is 1. The molecule has 0 aliphatic rings. The van der Waals surface area contributed by atoms with Crippen LogP contribution in [0.4, 0.5) is 14.5 Å². The van der Waals surface area contributed by atoms with Gasteiger partial charge in [0.05, 0.1) is 10.3 Å². The van der Waals surface area contributed by atoms with Crippen molar-refractivity contribution in [1.29, 1.82) is 0 Å². The minimum atomic E-state index is -3.78. The van der Waals surface area contributed by atoms with Gasteiger partial charge in [-0.25, -0.2) is 21.5 Å². The first-order valence-corrected chi connectivity index (χ1v) is 10.4. The van der Waals surface area contributed by atoms with Gasteiger partial charge in [0.25, 0.3) is 0 Å². The molecule has 2 aromatic carbocycles. The van der Waals surface area contributed by atoms with Crippen LogP contribution < -0.4 is 5.32 Å². The molecule has 0 aromatic heterocycles. The Hall–Kier alpha value is -1.68. The summed E-state index contributed by atoms with van der Waals surface area (Å²) in [6.45, 7) is 1.59. The van der Waals surface area contributed by atoms with Crippen LogP contribution in [0.25, 0.3) is 0 Å². The zero-order chi connectivity index (χ0) is 20.4. The summed E-state index contributed by atoms with van der Waals surface area (Å²) in [7, 11) is -1.03. The number of rotatable bonds is 6. The average molecular weight is 435 g/mol. The van der Waals surface area contributed by atoms with E-state index in [0.29, 0.717) is 4.90 Å². The Bertz CT molecular complexity index is 969. The fourth-order valence-corrected chi connectivity index (χ4v) is 4.31. The lowest BCUT2D eigenvalue weighted by atomic mass is 10.3. The topological polar surface area (TPSA) is 66.5 Å². The van der Waals surface area contributed by atoms with Gasteiger partial charge in [-0.3, -0.25) is 4.79 Å². The molecule has 1 atom stereocenters. The number of benzene rings is 2. The third kappa shape index (κ3) is 5.19. The molecule has 0 saturated heterocycles. The zero-order valence-corrected chi connectivity index (χ0v) is 17.1. The highest BCUT2D eigenvalue weighted by Crippen LogP contribution is 2.29. The van der Waals surface area contributed by atoms with Gasteiger partial charge in [-0.15, -0.1) is 11.8 Å². The van der Waals surface area contributed by atoms with Crippen molar-refractivity contribution in [2.24, 2.45) is 0 Å². The van der Waals surface area contributed by atoms with Gasteiger partial charge in [0.15, 0.2) is 11.6 Å². The van der Waals surface area contributed by atoms with Crippen molar-refractivity contribution < 1.29 is 22.0 Å². The maximum atomic E-state index is 13.3. The Morgan fingerprint density at radius 3 is 2.41 bits per heavy atom. The van der Waals surface area contributed by atoms with Crippen LogP contribution in [-0.4, -0.2) is 38.0 Å². The summed E-state index contributed by atoms with van der Waals surface area (Å²) < 4.78 is 51.8. The summed E-state index contributed by atoms with van der Waals surface area (Å²) in [4.78, 5) is 12.6. The van der Waals surface area contributed by atoms with E-state index in [1.165, 1.54) is 38.4 Å². The minimum Gasteiger partial charge on any atom is -0.325 e. The molecule has 0 fully saturated rings. The van der Waals surface area contributed by atoms with Gasteiger partial charge in [-0.1, -0.05) is 11.6 Å². The number of nitrogens with one attached hydrogen (secondary N) is 1. The number of carbonyl (C=O) groups excluding carboxylic acids is 1. The lowest BCUT2D eigenvalue weighted by molar-refractivity contribution is -0.115. The Morgan fingerprint density at radius 2 is 1.81 bits per heavy atom. The molecule has 1 N–H and O–H groups in total. The first-order chi connectivity index (χ1) is 12.5. The van der Waals surface area contributed by atoms with Gasteiger partial charge in [0.1, 0.15) is 4.90 Å². The molecule has 2 rings (SSSR count). The van der Waals surface area contributed by atoms with Gasteiger partial charge in [0.2, 0.25) is 15.9 Å².